The Balaban J connectivity index is 1.43. The predicted molar refractivity (Wildman–Crippen MR) is 109 cm³/mol. The molecule has 0 saturated carbocycles. The van der Waals surface area contributed by atoms with Crippen molar-refractivity contribution in [3.63, 3.8) is 0 Å². The fourth-order valence-electron chi connectivity index (χ4n) is 4.69. The first-order valence-electron chi connectivity index (χ1n) is 10.7. The first-order valence-corrected chi connectivity index (χ1v) is 10.7. The molecular weight excluding hydrogens is 352 g/mol. The molecule has 152 valence electrons. The fraction of sp³-hybridized carbons (Fsp3) is 0.667. The lowest BCUT2D eigenvalue weighted by molar-refractivity contribution is -0.933. The Hall–Kier alpha value is -1.99. The van der Waals surface area contributed by atoms with Crippen LogP contribution in [0, 0.1) is 13.8 Å². The molecule has 0 radical (unpaired) electrons. The third-order valence-electron chi connectivity index (χ3n) is 6.50. The number of nitrogens with one attached hydrogen (secondary N) is 1. The molecule has 2 aromatic rings. The third kappa shape index (κ3) is 3.91. The molecule has 2 atom stereocenters. The van der Waals surface area contributed by atoms with Crippen LogP contribution in [0.1, 0.15) is 49.2 Å². The van der Waals surface area contributed by atoms with Crippen molar-refractivity contribution in [2.75, 3.05) is 37.7 Å². The van der Waals surface area contributed by atoms with Gasteiger partial charge < -0.3 is 14.5 Å². The molecule has 2 fully saturated rings. The van der Waals surface area contributed by atoms with Crippen LogP contribution in [0.25, 0.3) is 0 Å². The van der Waals surface area contributed by atoms with Crippen LogP contribution in [0.2, 0.25) is 0 Å². The monoisotopic (exact) mass is 385 g/mol. The lowest BCUT2D eigenvalue weighted by atomic mass is 10.1. The van der Waals surface area contributed by atoms with Crippen LogP contribution in [0.5, 0.6) is 0 Å². The van der Waals surface area contributed by atoms with Crippen LogP contribution >= 0.6 is 0 Å². The van der Waals surface area contributed by atoms with Gasteiger partial charge in [-0.05, 0) is 54.3 Å². The number of nitrogens with zero attached hydrogens (tertiary/aromatic N) is 5. The van der Waals surface area contributed by atoms with Gasteiger partial charge in [0.05, 0.1) is 38.8 Å². The van der Waals surface area contributed by atoms with E-state index in [4.69, 9.17) is 4.74 Å². The molecule has 2 aliphatic heterocycles. The molecule has 1 aromatic heterocycles. The largest absolute Gasteiger partial charge is 0.376 e. The minimum absolute atomic E-state index is 0.260. The van der Waals surface area contributed by atoms with E-state index in [9.17, 15) is 0 Å². The van der Waals surface area contributed by atoms with E-state index in [0.29, 0.717) is 6.04 Å². The second-order valence-electron chi connectivity index (χ2n) is 8.18. The molecule has 3 heterocycles. The summed E-state index contributed by atoms with van der Waals surface area (Å²) in [4.78, 5) is 4.13. The molecule has 0 bridgehead atoms. The van der Waals surface area contributed by atoms with Gasteiger partial charge in [0.2, 0.25) is 5.82 Å². The van der Waals surface area contributed by atoms with E-state index in [2.05, 4.69) is 59.4 Å². The van der Waals surface area contributed by atoms with Crippen molar-refractivity contribution in [3.8, 4) is 0 Å². The van der Waals surface area contributed by atoms with E-state index in [1.807, 2.05) is 4.68 Å². The van der Waals surface area contributed by atoms with Crippen molar-refractivity contribution in [3.05, 3.63) is 35.2 Å². The van der Waals surface area contributed by atoms with Crippen molar-refractivity contribution < 1.29 is 9.64 Å². The maximum Gasteiger partial charge on any atom is 0.209 e. The maximum atomic E-state index is 5.79. The van der Waals surface area contributed by atoms with Gasteiger partial charge in [-0.2, -0.15) is 0 Å². The standard InChI is InChI=1S/C21H32N6O/c1-4-19(21-22-23-24-27(21)15-18-8-6-14-28-18)25-10-12-26(13-11-25)20-9-5-7-16(2)17(20)3/h5,7,9,18-19H,4,6,8,10-15H2,1-3H3/p+1/t18-,19+/m1/s1. The number of quaternary nitrogens is 1. The molecule has 7 nitrogen and oxygen atoms in total. The summed E-state index contributed by atoms with van der Waals surface area (Å²) >= 11 is 0. The van der Waals surface area contributed by atoms with Crippen molar-refractivity contribution >= 4 is 5.69 Å². The van der Waals surface area contributed by atoms with Crippen molar-refractivity contribution in [1.29, 1.82) is 0 Å². The van der Waals surface area contributed by atoms with Gasteiger partial charge in [-0.15, -0.1) is 5.10 Å². The molecule has 0 amide bonds. The molecular formula is C21H33N6O+. The van der Waals surface area contributed by atoms with Gasteiger partial charge in [-0.3, -0.25) is 0 Å². The normalized spacial score (nSPS) is 22.0. The highest BCUT2D eigenvalue weighted by molar-refractivity contribution is 5.56. The Morgan fingerprint density at radius 3 is 2.79 bits per heavy atom. The summed E-state index contributed by atoms with van der Waals surface area (Å²) in [6.07, 6.45) is 3.56. The topological polar surface area (TPSA) is 60.5 Å². The van der Waals surface area contributed by atoms with Gasteiger partial charge in [0, 0.05) is 18.7 Å². The summed E-state index contributed by atoms with van der Waals surface area (Å²) in [6.45, 7) is 12.7. The first-order chi connectivity index (χ1) is 13.7. The number of hydrogen-bond acceptors (Lipinski definition) is 5. The van der Waals surface area contributed by atoms with Crippen LogP contribution in [-0.4, -0.2) is 59.1 Å². The second kappa shape index (κ2) is 8.57. The predicted octanol–water partition coefficient (Wildman–Crippen LogP) is 1.33. The summed E-state index contributed by atoms with van der Waals surface area (Å²) in [7, 11) is 0. The highest BCUT2D eigenvalue weighted by atomic mass is 16.5. The minimum Gasteiger partial charge on any atom is -0.376 e. The average Bonchev–Trinajstić information content (AvgIpc) is 3.38. The molecule has 0 spiro atoms. The van der Waals surface area contributed by atoms with E-state index in [1.54, 1.807) is 4.90 Å². The zero-order valence-corrected chi connectivity index (χ0v) is 17.4. The lowest BCUT2D eigenvalue weighted by Gasteiger charge is -2.37. The van der Waals surface area contributed by atoms with E-state index >= 15 is 0 Å². The van der Waals surface area contributed by atoms with Crippen molar-refractivity contribution in [2.24, 2.45) is 0 Å². The second-order valence-corrected chi connectivity index (χ2v) is 8.18. The molecule has 4 rings (SSSR count). The third-order valence-corrected chi connectivity index (χ3v) is 6.50. The number of rotatable bonds is 6. The van der Waals surface area contributed by atoms with E-state index in [0.717, 1.165) is 64.4 Å². The highest BCUT2D eigenvalue weighted by Crippen LogP contribution is 2.23. The van der Waals surface area contributed by atoms with Crippen LogP contribution in [0.4, 0.5) is 5.69 Å². The quantitative estimate of drug-likeness (QED) is 0.813. The smallest absolute Gasteiger partial charge is 0.209 e. The van der Waals surface area contributed by atoms with Crippen molar-refractivity contribution in [2.45, 2.75) is 58.7 Å². The number of piperazine rings is 1. The van der Waals surface area contributed by atoms with Gasteiger partial charge >= 0.3 is 0 Å². The maximum absolute atomic E-state index is 5.79. The lowest BCUT2D eigenvalue weighted by Crippen LogP contribution is -3.15. The van der Waals surface area contributed by atoms with Crippen LogP contribution in [0.15, 0.2) is 18.2 Å². The minimum atomic E-state index is 0.260. The van der Waals surface area contributed by atoms with E-state index in [-0.39, 0.29) is 6.10 Å². The number of ether oxygens (including phenoxy) is 1. The molecule has 0 aliphatic carbocycles. The van der Waals surface area contributed by atoms with Crippen molar-refractivity contribution in [1.82, 2.24) is 20.2 Å². The Morgan fingerprint density at radius 1 is 1.25 bits per heavy atom. The first kappa shape index (κ1) is 19.3. The average molecular weight is 386 g/mol. The Morgan fingerprint density at radius 2 is 2.07 bits per heavy atom. The zero-order valence-electron chi connectivity index (χ0n) is 17.4. The molecule has 1 aromatic carbocycles. The fourth-order valence-corrected chi connectivity index (χ4v) is 4.69. The highest BCUT2D eigenvalue weighted by Gasteiger charge is 2.32. The zero-order chi connectivity index (χ0) is 19.5. The van der Waals surface area contributed by atoms with E-state index < -0.39 is 0 Å². The van der Waals surface area contributed by atoms with Gasteiger partial charge in [-0.1, -0.05) is 19.1 Å². The summed E-state index contributed by atoms with van der Waals surface area (Å²) in [6, 6.07) is 6.97. The van der Waals surface area contributed by atoms with Gasteiger partial charge in [-0.25, -0.2) is 4.68 Å². The Bertz CT molecular complexity index is 777. The SMILES string of the molecule is CC[C@@H](c1nnnn1C[C@H]1CCCO1)[NH+]1CCN(c2cccc(C)c2C)CC1. The summed E-state index contributed by atoms with van der Waals surface area (Å²) < 4.78 is 7.79. The molecule has 1 N–H and O–H groups in total. The van der Waals surface area contributed by atoms with E-state index in [1.165, 1.54) is 16.8 Å². The molecule has 2 saturated heterocycles. The number of benzene rings is 1. The number of anilines is 1. The number of tetrazole rings is 1. The van der Waals surface area contributed by atoms with Gasteiger partial charge in [0.15, 0.2) is 0 Å². The van der Waals surface area contributed by atoms with Crippen LogP contribution in [0.3, 0.4) is 0 Å². The number of hydrogen-bond donors (Lipinski definition) is 1. The summed E-state index contributed by atoms with van der Waals surface area (Å²) in [5, 5.41) is 12.7. The Labute approximate surface area is 167 Å². The number of aromatic nitrogens is 4. The van der Waals surface area contributed by atoms with Crippen LogP contribution in [-0.2, 0) is 11.3 Å². The molecule has 7 heteroatoms. The summed E-state index contributed by atoms with van der Waals surface area (Å²) in [5.74, 6) is 1.02. The molecule has 2 aliphatic rings. The molecule has 28 heavy (non-hydrogen) atoms. The van der Waals surface area contributed by atoms with Crippen LogP contribution < -0.4 is 9.80 Å². The number of aryl methyl sites for hydroxylation is 1. The molecule has 0 unspecified atom stereocenters. The Kier molecular flexibility index (Phi) is 5.92. The summed E-state index contributed by atoms with van der Waals surface area (Å²) in [5.41, 5.74) is 4.15. The van der Waals surface area contributed by atoms with Gasteiger partial charge in [0.25, 0.3) is 0 Å². The van der Waals surface area contributed by atoms with Gasteiger partial charge in [0.1, 0.15) is 6.04 Å².